The highest BCUT2D eigenvalue weighted by molar-refractivity contribution is 6.25. The predicted octanol–water partition coefficient (Wildman–Crippen LogP) is -1.24. The number of carbonyl (C=O) groups excluding carboxylic acids is 4. The summed E-state index contributed by atoms with van der Waals surface area (Å²) in [6.07, 6.45) is 0. The summed E-state index contributed by atoms with van der Waals surface area (Å²) in [5, 5.41) is 0. The van der Waals surface area contributed by atoms with Crippen molar-refractivity contribution < 1.29 is 37.8 Å². The number of rotatable bonds is 4. The van der Waals surface area contributed by atoms with Gasteiger partial charge >= 0.3 is 15.4 Å². The van der Waals surface area contributed by atoms with Crippen LogP contribution < -0.4 is 0 Å². The SMILES string of the molecule is CC(=O)OBOC(C)=O.CC(=O)OBOC(C)=O. The first-order valence-electron chi connectivity index (χ1n) is 4.79. The van der Waals surface area contributed by atoms with E-state index in [-0.39, 0.29) is 15.4 Å². The average Bonchev–Trinajstić information content (AvgIpc) is 2.15. The van der Waals surface area contributed by atoms with Crippen molar-refractivity contribution in [3.63, 3.8) is 0 Å². The zero-order chi connectivity index (χ0) is 14.6. The van der Waals surface area contributed by atoms with Crippen LogP contribution in [0, 0.1) is 0 Å². The van der Waals surface area contributed by atoms with Gasteiger partial charge in [0.15, 0.2) is 0 Å². The predicted molar refractivity (Wildman–Crippen MR) is 61.4 cm³/mol. The lowest BCUT2D eigenvalue weighted by Crippen LogP contribution is -2.11. The molecule has 0 rings (SSSR count). The molecule has 100 valence electrons. The van der Waals surface area contributed by atoms with Crippen molar-refractivity contribution in [3.8, 4) is 0 Å². The summed E-state index contributed by atoms with van der Waals surface area (Å²) in [6, 6.07) is 0. The maximum Gasteiger partial charge on any atom is 0.580 e. The molecule has 10 heteroatoms. The standard InChI is InChI=1S/2C4H7BO4/c2*1-3(6)8-5-9-4(2)7/h2*5H,1-2H3. The topological polar surface area (TPSA) is 105 Å². The molecule has 0 amide bonds. The summed E-state index contributed by atoms with van der Waals surface area (Å²) in [6.45, 7) is 4.96. The Morgan fingerprint density at radius 2 is 0.722 bits per heavy atom. The Bertz CT molecular complexity index is 245. The van der Waals surface area contributed by atoms with Crippen LogP contribution in [0.15, 0.2) is 0 Å². The van der Waals surface area contributed by atoms with Crippen molar-refractivity contribution in [1.82, 2.24) is 0 Å². The van der Waals surface area contributed by atoms with E-state index >= 15 is 0 Å². The molecule has 0 spiro atoms. The molecule has 0 N–H and O–H groups in total. The van der Waals surface area contributed by atoms with Crippen LogP contribution in [-0.4, -0.2) is 39.2 Å². The smallest absolute Gasteiger partial charge is 0.502 e. The molecule has 0 atom stereocenters. The van der Waals surface area contributed by atoms with Gasteiger partial charge in [0.05, 0.1) is 0 Å². The van der Waals surface area contributed by atoms with Gasteiger partial charge < -0.3 is 18.6 Å². The van der Waals surface area contributed by atoms with Gasteiger partial charge in [-0.15, -0.1) is 0 Å². The minimum Gasteiger partial charge on any atom is -0.502 e. The number of hydrogen-bond acceptors (Lipinski definition) is 8. The first-order valence-corrected chi connectivity index (χ1v) is 4.79. The third-order valence-corrected chi connectivity index (χ3v) is 1.05. The van der Waals surface area contributed by atoms with Crippen molar-refractivity contribution in [1.29, 1.82) is 0 Å². The molecule has 0 radical (unpaired) electrons. The molecule has 0 heterocycles. The van der Waals surface area contributed by atoms with E-state index in [0.717, 1.165) is 0 Å². The Morgan fingerprint density at radius 3 is 0.833 bits per heavy atom. The zero-order valence-electron chi connectivity index (χ0n) is 10.7. The van der Waals surface area contributed by atoms with Gasteiger partial charge in [-0.25, -0.2) is 0 Å². The third kappa shape index (κ3) is 23.7. The average molecular weight is 260 g/mol. The Kier molecular flexibility index (Phi) is 11.7. The fourth-order valence-electron chi connectivity index (χ4n) is 0.391. The van der Waals surface area contributed by atoms with Crippen LogP contribution in [0.25, 0.3) is 0 Å². The summed E-state index contributed by atoms with van der Waals surface area (Å²) in [5.41, 5.74) is 0. The lowest BCUT2D eigenvalue weighted by Gasteiger charge is -1.97. The van der Waals surface area contributed by atoms with Crippen LogP contribution >= 0.6 is 0 Å². The van der Waals surface area contributed by atoms with Gasteiger partial charge in [0, 0.05) is 27.7 Å². The maximum absolute atomic E-state index is 10.0. The Labute approximate surface area is 106 Å². The van der Waals surface area contributed by atoms with Crippen LogP contribution in [-0.2, 0) is 37.8 Å². The molecule has 0 aliphatic rings. The Balaban J connectivity index is 0. The largest absolute Gasteiger partial charge is 0.580 e. The van der Waals surface area contributed by atoms with E-state index in [4.69, 9.17) is 0 Å². The molecule has 0 unspecified atom stereocenters. The summed E-state index contributed by atoms with van der Waals surface area (Å²) in [7, 11) is -0.574. The summed E-state index contributed by atoms with van der Waals surface area (Å²) in [5.74, 6) is -1.85. The van der Waals surface area contributed by atoms with Crippen LogP contribution in [0.4, 0.5) is 0 Å². The highest BCUT2D eigenvalue weighted by Gasteiger charge is 1.99. The molecule has 0 fully saturated rings. The highest BCUT2D eigenvalue weighted by atomic mass is 16.6. The summed E-state index contributed by atoms with van der Waals surface area (Å²) >= 11 is 0. The first-order chi connectivity index (χ1) is 8.25. The zero-order valence-corrected chi connectivity index (χ0v) is 10.7. The van der Waals surface area contributed by atoms with Gasteiger partial charge in [-0.1, -0.05) is 0 Å². The second-order valence-corrected chi connectivity index (χ2v) is 2.78. The van der Waals surface area contributed by atoms with E-state index in [2.05, 4.69) is 18.6 Å². The minimum absolute atomic E-state index is 0.287. The normalized spacial score (nSPS) is 7.78. The molecule has 0 aromatic carbocycles. The number of hydrogen-bond donors (Lipinski definition) is 0. The van der Waals surface area contributed by atoms with Crippen LogP contribution in [0.2, 0.25) is 0 Å². The monoisotopic (exact) mass is 260 g/mol. The fraction of sp³-hybridized carbons (Fsp3) is 0.500. The van der Waals surface area contributed by atoms with E-state index in [9.17, 15) is 19.2 Å². The second kappa shape index (κ2) is 11.5. The van der Waals surface area contributed by atoms with Crippen LogP contribution in [0.1, 0.15) is 27.7 Å². The quantitative estimate of drug-likeness (QED) is 0.577. The van der Waals surface area contributed by atoms with E-state index in [1.807, 2.05) is 0 Å². The minimum atomic E-state index is -0.462. The van der Waals surface area contributed by atoms with Crippen molar-refractivity contribution in [3.05, 3.63) is 0 Å². The van der Waals surface area contributed by atoms with Crippen molar-refractivity contribution in [2.75, 3.05) is 0 Å². The van der Waals surface area contributed by atoms with Crippen molar-refractivity contribution >= 4 is 39.2 Å². The molecular weight excluding hydrogens is 246 g/mol. The molecule has 0 aliphatic heterocycles. The van der Waals surface area contributed by atoms with Crippen LogP contribution in [0.5, 0.6) is 0 Å². The van der Waals surface area contributed by atoms with Gasteiger partial charge in [-0.2, -0.15) is 0 Å². The Hall–Kier alpha value is -1.99. The van der Waals surface area contributed by atoms with E-state index in [0.29, 0.717) is 0 Å². The molecule has 0 aromatic heterocycles. The van der Waals surface area contributed by atoms with Gasteiger partial charge in [0.25, 0.3) is 23.9 Å². The summed E-state index contributed by atoms with van der Waals surface area (Å²) in [4.78, 5) is 40.0. The molecule has 8 nitrogen and oxygen atoms in total. The molecule has 0 aliphatic carbocycles. The van der Waals surface area contributed by atoms with Crippen molar-refractivity contribution in [2.45, 2.75) is 27.7 Å². The maximum atomic E-state index is 10.0. The van der Waals surface area contributed by atoms with Gasteiger partial charge in [-0.3, -0.25) is 19.2 Å². The van der Waals surface area contributed by atoms with E-state index in [1.165, 1.54) is 27.7 Å². The highest BCUT2D eigenvalue weighted by Crippen LogP contribution is 1.76. The van der Waals surface area contributed by atoms with Gasteiger partial charge in [0.1, 0.15) is 0 Å². The molecule has 0 saturated carbocycles. The van der Waals surface area contributed by atoms with Gasteiger partial charge in [-0.05, 0) is 0 Å². The molecule has 0 saturated heterocycles. The lowest BCUT2D eigenvalue weighted by molar-refractivity contribution is -0.138. The molecule has 18 heavy (non-hydrogen) atoms. The van der Waals surface area contributed by atoms with Gasteiger partial charge in [0.2, 0.25) is 0 Å². The Morgan fingerprint density at radius 1 is 0.556 bits per heavy atom. The number of carbonyl (C=O) groups is 4. The molecular formula is C8H14B2O8. The lowest BCUT2D eigenvalue weighted by atomic mass is 10.4. The van der Waals surface area contributed by atoms with E-state index in [1.54, 1.807) is 0 Å². The molecule has 0 bridgehead atoms. The van der Waals surface area contributed by atoms with Crippen molar-refractivity contribution in [2.24, 2.45) is 0 Å². The fourth-order valence-corrected chi connectivity index (χ4v) is 0.391. The molecule has 0 aromatic rings. The first kappa shape index (κ1) is 18.4. The summed E-state index contributed by atoms with van der Waals surface area (Å²) < 4.78 is 17.1. The third-order valence-electron chi connectivity index (χ3n) is 1.05. The second-order valence-electron chi connectivity index (χ2n) is 2.78. The van der Waals surface area contributed by atoms with Crippen LogP contribution in [0.3, 0.4) is 0 Å². The van der Waals surface area contributed by atoms with E-state index < -0.39 is 23.9 Å².